The van der Waals surface area contributed by atoms with Crippen molar-refractivity contribution in [2.24, 2.45) is 0 Å². The second kappa shape index (κ2) is 6.86. The quantitative estimate of drug-likeness (QED) is 0.863. The van der Waals surface area contributed by atoms with Crippen molar-refractivity contribution in [3.63, 3.8) is 0 Å². The fraction of sp³-hybridized carbons (Fsp3) is 0.389. The van der Waals surface area contributed by atoms with E-state index in [2.05, 4.69) is 4.98 Å². The van der Waals surface area contributed by atoms with Crippen LogP contribution in [0.2, 0.25) is 0 Å². The van der Waals surface area contributed by atoms with Gasteiger partial charge in [-0.25, -0.2) is 4.98 Å². The van der Waals surface area contributed by atoms with Crippen LogP contribution < -0.4 is 0 Å². The summed E-state index contributed by atoms with van der Waals surface area (Å²) in [6.45, 7) is 5.72. The van der Waals surface area contributed by atoms with Gasteiger partial charge in [0.15, 0.2) is 0 Å². The molecule has 6 nitrogen and oxygen atoms in total. The van der Waals surface area contributed by atoms with Gasteiger partial charge in [0.2, 0.25) is 17.7 Å². The fourth-order valence-corrected chi connectivity index (χ4v) is 2.82. The van der Waals surface area contributed by atoms with Gasteiger partial charge in [0.1, 0.15) is 5.76 Å². The van der Waals surface area contributed by atoms with Crippen molar-refractivity contribution < 1.29 is 14.0 Å². The Morgan fingerprint density at radius 1 is 1.08 bits per heavy atom. The van der Waals surface area contributed by atoms with Crippen molar-refractivity contribution in [1.82, 2.24) is 14.8 Å². The Labute approximate surface area is 141 Å². The van der Waals surface area contributed by atoms with E-state index in [1.807, 2.05) is 37.3 Å². The Morgan fingerprint density at radius 3 is 2.33 bits per heavy atom. The minimum absolute atomic E-state index is 0.0112. The smallest absolute Gasteiger partial charge is 0.230 e. The second-order valence-corrected chi connectivity index (χ2v) is 5.96. The van der Waals surface area contributed by atoms with E-state index in [1.165, 1.54) is 0 Å². The molecule has 0 atom stereocenters. The predicted octanol–water partition coefficient (Wildman–Crippen LogP) is 1.88. The summed E-state index contributed by atoms with van der Waals surface area (Å²) in [5.74, 6) is 1.21. The molecule has 2 amide bonds. The van der Waals surface area contributed by atoms with Crippen LogP contribution >= 0.6 is 0 Å². The monoisotopic (exact) mass is 327 g/mol. The molecule has 0 spiro atoms. The number of rotatable bonds is 3. The van der Waals surface area contributed by atoms with E-state index in [9.17, 15) is 9.59 Å². The van der Waals surface area contributed by atoms with E-state index in [0.717, 1.165) is 11.3 Å². The average Bonchev–Trinajstić information content (AvgIpc) is 2.96. The largest absolute Gasteiger partial charge is 0.440 e. The molecular weight excluding hydrogens is 306 g/mol. The SMILES string of the molecule is CC(=O)N1CCN(C(=O)Cc2oc(-c3ccccc3)nc2C)CC1. The van der Waals surface area contributed by atoms with Gasteiger partial charge in [-0.3, -0.25) is 9.59 Å². The van der Waals surface area contributed by atoms with Gasteiger partial charge in [0.25, 0.3) is 0 Å². The summed E-state index contributed by atoms with van der Waals surface area (Å²) in [5, 5.41) is 0. The van der Waals surface area contributed by atoms with Gasteiger partial charge in [0, 0.05) is 38.7 Å². The molecule has 1 fully saturated rings. The zero-order valence-electron chi connectivity index (χ0n) is 14.0. The number of aromatic nitrogens is 1. The summed E-state index contributed by atoms with van der Waals surface area (Å²) in [4.78, 5) is 31.8. The average molecular weight is 327 g/mol. The molecule has 0 N–H and O–H groups in total. The predicted molar refractivity (Wildman–Crippen MR) is 89.2 cm³/mol. The first-order valence-corrected chi connectivity index (χ1v) is 8.09. The van der Waals surface area contributed by atoms with Crippen LogP contribution in [0, 0.1) is 6.92 Å². The van der Waals surface area contributed by atoms with Crippen molar-refractivity contribution in [2.45, 2.75) is 20.3 Å². The molecule has 2 aromatic rings. The number of amides is 2. The van der Waals surface area contributed by atoms with Gasteiger partial charge < -0.3 is 14.2 Å². The third kappa shape index (κ3) is 3.48. The third-order valence-electron chi connectivity index (χ3n) is 4.30. The molecule has 2 heterocycles. The highest BCUT2D eigenvalue weighted by Gasteiger charge is 2.24. The molecule has 1 aromatic carbocycles. The molecule has 0 saturated carbocycles. The molecule has 126 valence electrons. The van der Waals surface area contributed by atoms with Crippen LogP contribution in [-0.2, 0) is 16.0 Å². The molecule has 1 aromatic heterocycles. The number of aryl methyl sites for hydroxylation is 1. The van der Waals surface area contributed by atoms with Crippen LogP contribution in [0.4, 0.5) is 0 Å². The summed E-state index contributed by atoms with van der Waals surface area (Å²) >= 11 is 0. The minimum Gasteiger partial charge on any atom is -0.440 e. The van der Waals surface area contributed by atoms with Crippen LogP contribution in [0.5, 0.6) is 0 Å². The van der Waals surface area contributed by atoms with Crippen molar-refractivity contribution in [2.75, 3.05) is 26.2 Å². The number of benzene rings is 1. The Hall–Kier alpha value is -2.63. The van der Waals surface area contributed by atoms with Gasteiger partial charge in [0.05, 0.1) is 12.1 Å². The summed E-state index contributed by atoms with van der Waals surface area (Å²) in [6, 6.07) is 9.64. The number of nitrogens with zero attached hydrogens (tertiary/aromatic N) is 3. The zero-order valence-corrected chi connectivity index (χ0v) is 14.0. The first-order valence-electron chi connectivity index (χ1n) is 8.09. The first-order chi connectivity index (χ1) is 11.5. The highest BCUT2D eigenvalue weighted by atomic mass is 16.4. The van der Waals surface area contributed by atoms with Gasteiger partial charge in [-0.05, 0) is 19.1 Å². The second-order valence-electron chi connectivity index (χ2n) is 5.96. The molecule has 3 rings (SSSR count). The lowest BCUT2D eigenvalue weighted by Crippen LogP contribution is -2.50. The van der Waals surface area contributed by atoms with Crippen molar-refractivity contribution >= 4 is 11.8 Å². The highest BCUT2D eigenvalue weighted by Crippen LogP contribution is 2.22. The van der Waals surface area contributed by atoms with Crippen molar-refractivity contribution in [3.8, 4) is 11.5 Å². The highest BCUT2D eigenvalue weighted by molar-refractivity contribution is 5.79. The van der Waals surface area contributed by atoms with Crippen LogP contribution in [0.3, 0.4) is 0 Å². The molecule has 0 aliphatic carbocycles. The molecular formula is C18H21N3O3. The Balaban J connectivity index is 1.65. The van der Waals surface area contributed by atoms with E-state index >= 15 is 0 Å². The summed E-state index contributed by atoms with van der Waals surface area (Å²) in [6.07, 6.45) is 0.200. The van der Waals surface area contributed by atoms with Crippen molar-refractivity contribution in [3.05, 3.63) is 41.8 Å². The first kappa shape index (κ1) is 16.2. The number of carbonyl (C=O) groups excluding carboxylic acids is 2. The standard InChI is InChI=1S/C18H21N3O3/c1-13-16(24-18(19-13)15-6-4-3-5-7-15)12-17(23)21-10-8-20(9-11-21)14(2)22/h3-7H,8-12H2,1-2H3. The number of carbonyl (C=O) groups is 2. The van der Waals surface area contributed by atoms with E-state index in [1.54, 1.807) is 16.7 Å². The van der Waals surface area contributed by atoms with Gasteiger partial charge in [-0.15, -0.1) is 0 Å². The number of hydrogen-bond acceptors (Lipinski definition) is 4. The number of oxazole rings is 1. The van der Waals surface area contributed by atoms with Crippen LogP contribution in [0.25, 0.3) is 11.5 Å². The molecule has 24 heavy (non-hydrogen) atoms. The van der Waals surface area contributed by atoms with Crippen LogP contribution in [0.15, 0.2) is 34.7 Å². The number of hydrogen-bond donors (Lipinski definition) is 0. The number of piperazine rings is 1. The summed E-state index contributed by atoms with van der Waals surface area (Å²) in [7, 11) is 0. The van der Waals surface area contributed by atoms with Crippen LogP contribution in [-0.4, -0.2) is 52.8 Å². The van der Waals surface area contributed by atoms with E-state index < -0.39 is 0 Å². The lowest BCUT2D eigenvalue weighted by atomic mass is 10.2. The van der Waals surface area contributed by atoms with E-state index in [0.29, 0.717) is 37.8 Å². The third-order valence-corrected chi connectivity index (χ3v) is 4.30. The zero-order chi connectivity index (χ0) is 17.1. The molecule has 1 saturated heterocycles. The normalized spacial score (nSPS) is 14.8. The summed E-state index contributed by atoms with van der Waals surface area (Å²) in [5.41, 5.74) is 1.64. The maximum absolute atomic E-state index is 12.5. The molecule has 1 aliphatic rings. The van der Waals surface area contributed by atoms with Crippen LogP contribution in [0.1, 0.15) is 18.4 Å². The lowest BCUT2D eigenvalue weighted by molar-refractivity contribution is -0.138. The topological polar surface area (TPSA) is 66.7 Å². The maximum Gasteiger partial charge on any atom is 0.230 e. The fourth-order valence-electron chi connectivity index (χ4n) is 2.82. The van der Waals surface area contributed by atoms with Crippen molar-refractivity contribution in [1.29, 1.82) is 0 Å². The Morgan fingerprint density at radius 2 is 1.71 bits per heavy atom. The minimum atomic E-state index is 0.0112. The Kier molecular flexibility index (Phi) is 4.64. The van der Waals surface area contributed by atoms with E-state index in [-0.39, 0.29) is 18.2 Å². The van der Waals surface area contributed by atoms with Gasteiger partial charge >= 0.3 is 0 Å². The molecule has 0 unspecified atom stereocenters. The molecule has 0 radical (unpaired) electrons. The maximum atomic E-state index is 12.5. The van der Waals surface area contributed by atoms with Gasteiger partial charge in [-0.2, -0.15) is 0 Å². The van der Waals surface area contributed by atoms with E-state index in [4.69, 9.17) is 4.42 Å². The molecule has 6 heteroatoms. The molecule has 1 aliphatic heterocycles. The molecule has 0 bridgehead atoms. The van der Waals surface area contributed by atoms with Gasteiger partial charge in [-0.1, -0.05) is 18.2 Å². The summed E-state index contributed by atoms with van der Waals surface area (Å²) < 4.78 is 5.80. The Bertz CT molecular complexity index is 731. The lowest BCUT2D eigenvalue weighted by Gasteiger charge is -2.34.